The molecule has 28 heavy (non-hydrogen) atoms. The summed E-state index contributed by atoms with van der Waals surface area (Å²) in [5.41, 5.74) is 5.38. The number of fused-ring (bicyclic) bond motifs is 2. The first-order valence-electron chi connectivity index (χ1n) is 9.32. The van der Waals surface area contributed by atoms with Crippen molar-refractivity contribution in [3.05, 3.63) is 71.7 Å². The molecule has 2 aromatic carbocycles. The van der Waals surface area contributed by atoms with Crippen molar-refractivity contribution in [1.29, 1.82) is 5.26 Å². The summed E-state index contributed by atoms with van der Waals surface area (Å²) in [6.07, 6.45) is 10.3. The quantitative estimate of drug-likeness (QED) is 0.550. The third kappa shape index (κ3) is 3.60. The summed E-state index contributed by atoms with van der Waals surface area (Å²) in [6.45, 7) is 0. The Labute approximate surface area is 163 Å². The van der Waals surface area contributed by atoms with Gasteiger partial charge in [0.25, 0.3) is 0 Å². The topological polar surface area (TPSA) is 79.7 Å². The van der Waals surface area contributed by atoms with Gasteiger partial charge in [-0.1, -0.05) is 6.07 Å². The van der Waals surface area contributed by atoms with Crippen LogP contribution in [0.5, 0.6) is 5.75 Å². The number of nitrogens with zero attached hydrogens (tertiary/aromatic N) is 5. The molecule has 1 N–H and O–H groups in total. The van der Waals surface area contributed by atoms with Crippen molar-refractivity contribution in [3.63, 3.8) is 0 Å². The van der Waals surface area contributed by atoms with E-state index < -0.39 is 0 Å². The molecule has 2 aromatic heterocycles. The second kappa shape index (κ2) is 7.57. The molecule has 5 rings (SSSR count). The van der Waals surface area contributed by atoms with Gasteiger partial charge in [-0.3, -0.25) is 4.68 Å². The van der Waals surface area contributed by atoms with Crippen molar-refractivity contribution in [2.75, 3.05) is 0 Å². The number of hydrogen-bond donors (Lipinski definition) is 1. The van der Waals surface area contributed by atoms with Crippen molar-refractivity contribution < 1.29 is 5.11 Å². The van der Waals surface area contributed by atoms with Gasteiger partial charge in [0.05, 0.1) is 35.7 Å². The zero-order valence-corrected chi connectivity index (χ0v) is 15.7. The molecule has 0 aliphatic heterocycles. The molecule has 6 nitrogen and oxygen atoms in total. The van der Waals surface area contributed by atoms with Gasteiger partial charge in [0, 0.05) is 18.5 Å². The highest BCUT2D eigenvalue weighted by atomic mass is 16.3. The highest BCUT2D eigenvalue weighted by Gasteiger charge is 2.09. The van der Waals surface area contributed by atoms with E-state index in [9.17, 15) is 5.11 Å². The predicted molar refractivity (Wildman–Crippen MR) is 107 cm³/mol. The smallest absolute Gasteiger partial charge is 0.117 e. The van der Waals surface area contributed by atoms with E-state index in [2.05, 4.69) is 22.3 Å². The molecular weight excluding hydrogens is 350 g/mol. The molecule has 0 amide bonds. The molecule has 0 atom stereocenters. The minimum atomic E-state index is 0.234. The van der Waals surface area contributed by atoms with Gasteiger partial charge in [-0.25, -0.2) is 4.68 Å². The third-order valence-corrected chi connectivity index (χ3v) is 4.97. The van der Waals surface area contributed by atoms with Crippen LogP contribution in [0.3, 0.4) is 0 Å². The number of phenols is 1. The van der Waals surface area contributed by atoms with E-state index in [1.54, 1.807) is 33.9 Å². The lowest BCUT2D eigenvalue weighted by Crippen LogP contribution is -2.02. The Bertz CT molecular complexity index is 1170. The molecule has 1 aliphatic carbocycles. The van der Waals surface area contributed by atoms with Crippen LogP contribution >= 0.6 is 0 Å². The van der Waals surface area contributed by atoms with Gasteiger partial charge in [0.15, 0.2) is 0 Å². The maximum absolute atomic E-state index is 9.46. The summed E-state index contributed by atoms with van der Waals surface area (Å²) in [5, 5.41) is 27.5. The molecular formula is C22H21N5O. The van der Waals surface area contributed by atoms with Crippen LogP contribution in [0.25, 0.3) is 16.6 Å². The molecule has 0 bridgehead atoms. The third-order valence-electron chi connectivity index (χ3n) is 4.97. The lowest BCUT2D eigenvalue weighted by Gasteiger charge is -2.14. The summed E-state index contributed by atoms with van der Waals surface area (Å²) in [7, 11) is 1.85. The average molecular weight is 371 g/mol. The largest absolute Gasteiger partial charge is 0.508 e. The highest BCUT2D eigenvalue weighted by Crippen LogP contribution is 2.22. The minimum absolute atomic E-state index is 0.234. The Kier molecular flexibility index (Phi) is 4.81. The molecule has 6 heteroatoms. The van der Waals surface area contributed by atoms with Crippen molar-refractivity contribution in [1.82, 2.24) is 19.6 Å². The van der Waals surface area contributed by atoms with Crippen LogP contribution in [0.15, 0.2) is 55.0 Å². The number of aromatic hydroxyl groups is 1. The molecule has 1 aliphatic rings. The van der Waals surface area contributed by atoms with Crippen molar-refractivity contribution in [2.45, 2.75) is 25.7 Å². The number of rotatable bonds is 1. The average Bonchev–Trinajstić information content (AvgIpc) is 3.33. The number of aryl methyl sites for hydroxylation is 3. The second-order valence-corrected chi connectivity index (χ2v) is 6.97. The summed E-state index contributed by atoms with van der Waals surface area (Å²) in [6, 6.07) is 13.4. The first-order chi connectivity index (χ1) is 13.6. The molecule has 0 radical (unpaired) electrons. The normalized spacial score (nSPS) is 12.7. The lowest BCUT2D eigenvalue weighted by molar-refractivity contribution is 0.476. The van der Waals surface area contributed by atoms with Crippen LogP contribution in [0, 0.1) is 11.3 Å². The van der Waals surface area contributed by atoms with Crippen LogP contribution in [-0.4, -0.2) is 24.7 Å². The number of nitriles is 1. The molecule has 0 saturated heterocycles. The van der Waals surface area contributed by atoms with Crippen LogP contribution in [0.2, 0.25) is 0 Å². The maximum atomic E-state index is 9.46. The van der Waals surface area contributed by atoms with Gasteiger partial charge in [-0.2, -0.15) is 15.5 Å². The van der Waals surface area contributed by atoms with Crippen molar-refractivity contribution >= 4 is 10.9 Å². The Morgan fingerprint density at radius 1 is 1.00 bits per heavy atom. The van der Waals surface area contributed by atoms with E-state index in [4.69, 9.17) is 5.26 Å². The van der Waals surface area contributed by atoms with Crippen LogP contribution < -0.4 is 0 Å². The van der Waals surface area contributed by atoms with Crippen molar-refractivity contribution in [3.8, 4) is 17.5 Å². The number of hydrogen-bond acceptors (Lipinski definition) is 4. The molecule has 140 valence electrons. The highest BCUT2D eigenvalue weighted by molar-refractivity contribution is 5.81. The molecule has 0 saturated carbocycles. The zero-order chi connectivity index (χ0) is 19.5. The van der Waals surface area contributed by atoms with E-state index in [0.29, 0.717) is 0 Å². The number of aromatic nitrogens is 4. The Hall–Kier alpha value is -3.59. The van der Waals surface area contributed by atoms with E-state index in [0.717, 1.165) is 28.6 Å². The predicted octanol–water partition coefficient (Wildman–Crippen LogP) is 3.90. The van der Waals surface area contributed by atoms with Crippen molar-refractivity contribution in [2.24, 2.45) is 7.05 Å². The summed E-state index contributed by atoms with van der Waals surface area (Å²) in [4.78, 5) is 0. The zero-order valence-electron chi connectivity index (χ0n) is 15.7. The van der Waals surface area contributed by atoms with Crippen LogP contribution in [-0.2, 0) is 19.9 Å². The first-order valence-corrected chi connectivity index (χ1v) is 9.32. The fraction of sp³-hybridized carbons (Fsp3) is 0.227. The van der Waals surface area contributed by atoms with E-state index in [1.807, 2.05) is 31.4 Å². The van der Waals surface area contributed by atoms with Gasteiger partial charge >= 0.3 is 0 Å². The monoisotopic (exact) mass is 371 g/mol. The first kappa shape index (κ1) is 17.8. The molecule has 0 spiro atoms. The lowest BCUT2D eigenvalue weighted by atomic mass is 9.91. The fourth-order valence-electron chi connectivity index (χ4n) is 3.53. The van der Waals surface area contributed by atoms with Crippen LogP contribution in [0.1, 0.15) is 29.5 Å². The van der Waals surface area contributed by atoms with Crippen LogP contribution in [0.4, 0.5) is 0 Å². The van der Waals surface area contributed by atoms with Gasteiger partial charge < -0.3 is 5.11 Å². The van der Waals surface area contributed by atoms with Gasteiger partial charge in [0.2, 0.25) is 0 Å². The van der Waals surface area contributed by atoms with Gasteiger partial charge in [-0.15, -0.1) is 0 Å². The Balaban J connectivity index is 0.000000143. The van der Waals surface area contributed by atoms with Gasteiger partial charge in [0.1, 0.15) is 11.4 Å². The fourth-order valence-corrected chi connectivity index (χ4v) is 3.53. The minimum Gasteiger partial charge on any atom is -0.508 e. The molecule has 4 aromatic rings. The SMILES string of the molecule is Cn1cc(-n2ncc3ccc(O)cc32)cn1.N#Cc1ccc2c(c1)CCCC2. The van der Waals surface area contributed by atoms with E-state index in [-0.39, 0.29) is 5.75 Å². The Morgan fingerprint density at radius 2 is 1.82 bits per heavy atom. The van der Waals surface area contributed by atoms with E-state index in [1.165, 1.54) is 30.4 Å². The Morgan fingerprint density at radius 3 is 2.57 bits per heavy atom. The maximum Gasteiger partial charge on any atom is 0.117 e. The molecule has 0 fully saturated rings. The molecule has 0 unspecified atom stereocenters. The second-order valence-electron chi connectivity index (χ2n) is 6.97. The van der Waals surface area contributed by atoms with Gasteiger partial charge in [-0.05, 0) is 61.1 Å². The standard InChI is InChI=1S/C11H10N4O.C11H11N/c1-14-7-9(6-12-14)15-11-4-10(16)3-2-8(11)5-13-15;12-8-9-5-6-10-3-1-2-4-11(10)7-9/h2-7,16H,1H3;5-7H,1-4H2. The summed E-state index contributed by atoms with van der Waals surface area (Å²) < 4.78 is 3.47. The molecule has 2 heterocycles. The summed E-state index contributed by atoms with van der Waals surface area (Å²) >= 11 is 0. The number of benzene rings is 2. The van der Waals surface area contributed by atoms with E-state index >= 15 is 0 Å². The number of phenolic OH excluding ortho intramolecular Hbond substituents is 1. The summed E-state index contributed by atoms with van der Waals surface area (Å²) in [5.74, 6) is 0.234.